The van der Waals surface area contributed by atoms with Gasteiger partial charge >= 0.3 is 0 Å². The number of pyridine rings is 1. The van der Waals surface area contributed by atoms with Crippen molar-refractivity contribution < 1.29 is 9.47 Å². The Labute approximate surface area is 249 Å². The molecule has 1 atom stereocenters. The molecule has 2 aliphatic rings. The number of benzene rings is 2. The van der Waals surface area contributed by atoms with Crippen molar-refractivity contribution in [1.82, 2.24) is 14.5 Å². The van der Waals surface area contributed by atoms with Crippen LogP contribution in [0.4, 0.5) is 22.9 Å². The number of nitrogens with two attached hydrogens (primary N) is 1. The molecule has 1 fully saturated rings. The van der Waals surface area contributed by atoms with E-state index in [1.165, 1.54) is 34.0 Å². The fraction of sp³-hybridized carbons (Fsp3) is 0.441. The number of nitrogens with one attached hydrogen (secondary N) is 1. The maximum absolute atomic E-state index is 6.57. The lowest BCUT2D eigenvalue weighted by molar-refractivity contribution is 0.184. The second-order valence-electron chi connectivity index (χ2n) is 12.1. The lowest BCUT2D eigenvalue weighted by atomic mass is 9.95. The Balaban J connectivity index is 1.36. The van der Waals surface area contributed by atoms with Gasteiger partial charge in [0.2, 0.25) is 0 Å². The van der Waals surface area contributed by atoms with Crippen LogP contribution in [0, 0.1) is 5.92 Å². The molecule has 0 amide bonds. The smallest absolute Gasteiger partial charge is 0.144 e. The van der Waals surface area contributed by atoms with Gasteiger partial charge in [0.15, 0.2) is 0 Å². The van der Waals surface area contributed by atoms with Crippen LogP contribution in [0.15, 0.2) is 48.7 Å². The summed E-state index contributed by atoms with van der Waals surface area (Å²) in [5, 5.41) is 4.82. The van der Waals surface area contributed by atoms with E-state index in [1.807, 2.05) is 12.1 Å². The quantitative estimate of drug-likeness (QED) is 0.216. The van der Waals surface area contributed by atoms with Gasteiger partial charge in [-0.25, -0.2) is 4.98 Å². The average molecular weight is 569 g/mol. The van der Waals surface area contributed by atoms with Gasteiger partial charge in [-0.15, -0.1) is 0 Å². The molecule has 0 aliphatic carbocycles. The summed E-state index contributed by atoms with van der Waals surface area (Å²) in [5.74, 6) is 2.13. The van der Waals surface area contributed by atoms with Gasteiger partial charge in [0.05, 0.1) is 35.4 Å². The molecule has 0 spiro atoms. The van der Waals surface area contributed by atoms with E-state index in [9.17, 15) is 0 Å². The molecule has 2 aromatic carbocycles. The zero-order chi connectivity index (χ0) is 29.2. The summed E-state index contributed by atoms with van der Waals surface area (Å²) in [6.07, 6.45) is 7.86. The standard InChI is InChI=1S/C34H44N6O2/c1-38(2)16-17-39(3)30-20-31(41-4)29(19-28(30)35)36-32-13-12-24(11-10-23-14-18-42-22-23)33(37-32)27-21-40-15-6-8-25-7-5-9-26(27)34(25)40/h5,7,9,12-13,19-21,23H,6,8,10-11,14-18,22,35H2,1-4H3,(H,36,37). The van der Waals surface area contributed by atoms with Crippen molar-refractivity contribution >= 4 is 33.8 Å². The first-order chi connectivity index (χ1) is 20.4. The first-order valence-electron chi connectivity index (χ1n) is 15.2. The molecule has 4 aromatic rings. The number of para-hydroxylation sites is 1. The first kappa shape index (κ1) is 28.4. The fourth-order valence-corrected chi connectivity index (χ4v) is 6.40. The van der Waals surface area contributed by atoms with E-state index in [2.05, 4.69) is 77.4 Å². The second kappa shape index (κ2) is 12.2. The number of ether oxygens (including phenoxy) is 2. The SMILES string of the molecule is COc1cc(N(C)CCN(C)C)c(N)cc1Nc1ccc(CCC2CCOC2)c(-c2cn3c4c(cccc24)CCC3)n1. The molecule has 2 aromatic heterocycles. The van der Waals surface area contributed by atoms with Crippen LogP contribution < -0.4 is 20.7 Å². The molecule has 3 N–H and O–H groups in total. The van der Waals surface area contributed by atoms with Crippen molar-refractivity contribution in [1.29, 1.82) is 0 Å². The van der Waals surface area contributed by atoms with Gasteiger partial charge in [0.1, 0.15) is 11.6 Å². The summed E-state index contributed by atoms with van der Waals surface area (Å²) >= 11 is 0. The molecule has 0 radical (unpaired) electrons. The minimum Gasteiger partial charge on any atom is -0.494 e. The number of nitrogens with zero attached hydrogens (tertiary/aromatic N) is 4. The van der Waals surface area contributed by atoms with E-state index in [1.54, 1.807) is 7.11 Å². The van der Waals surface area contributed by atoms with Crippen molar-refractivity contribution in [2.75, 3.05) is 70.5 Å². The fourth-order valence-electron chi connectivity index (χ4n) is 6.40. The van der Waals surface area contributed by atoms with E-state index in [0.29, 0.717) is 11.6 Å². The summed E-state index contributed by atoms with van der Waals surface area (Å²) in [6.45, 7) is 4.59. The Kier molecular flexibility index (Phi) is 8.27. The molecule has 222 valence electrons. The second-order valence-corrected chi connectivity index (χ2v) is 12.1. The monoisotopic (exact) mass is 568 g/mol. The van der Waals surface area contributed by atoms with Crippen molar-refractivity contribution in [3.63, 3.8) is 0 Å². The number of rotatable bonds is 11. The van der Waals surface area contributed by atoms with Crippen LogP contribution in [-0.2, 0) is 24.1 Å². The van der Waals surface area contributed by atoms with Gasteiger partial charge in [-0.3, -0.25) is 0 Å². The van der Waals surface area contributed by atoms with Gasteiger partial charge in [0, 0.05) is 63.1 Å². The van der Waals surface area contributed by atoms with Crippen LogP contribution in [0.5, 0.6) is 5.75 Å². The minimum absolute atomic E-state index is 0.618. The highest BCUT2D eigenvalue weighted by Crippen LogP contribution is 2.39. The van der Waals surface area contributed by atoms with Gasteiger partial charge in [-0.2, -0.15) is 0 Å². The van der Waals surface area contributed by atoms with Crippen LogP contribution in [-0.4, -0.2) is 69.0 Å². The Bertz CT molecular complexity index is 1560. The van der Waals surface area contributed by atoms with Crippen LogP contribution in [0.3, 0.4) is 0 Å². The molecule has 2 aliphatic heterocycles. The molecular weight excluding hydrogens is 524 g/mol. The summed E-state index contributed by atoms with van der Waals surface area (Å²) < 4.78 is 13.9. The summed E-state index contributed by atoms with van der Waals surface area (Å²) in [5.41, 5.74) is 15.3. The molecule has 42 heavy (non-hydrogen) atoms. The lowest BCUT2D eigenvalue weighted by Crippen LogP contribution is -2.29. The molecule has 0 bridgehead atoms. The van der Waals surface area contributed by atoms with Crippen molar-refractivity contribution in [3.8, 4) is 17.0 Å². The summed E-state index contributed by atoms with van der Waals surface area (Å²) in [6, 6.07) is 15.0. The summed E-state index contributed by atoms with van der Waals surface area (Å²) in [7, 11) is 7.91. The largest absolute Gasteiger partial charge is 0.494 e. The van der Waals surface area contributed by atoms with Crippen LogP contribution in [0.1, 0.15) is 30.4 Å². The molecule has 4 heterocycles. The van der Waals surface area contributed by atoms with Crippen molar-refractivity contribution in [3.05, 3.63) is 59.8 Å². The third-order valence-electron chi connectivity index (χ3n) is 8.81. The lowest BCUT2D eigenvalue weighted by Gasteiger charge is -2.24. The molecular formula is C34H44N6O2. The van der Waals surface area contributed by atoms with Crippen LogP contribution in [0.2, 0.25) is 0 Å². The van der Waals surface area contributed by atoms with E-state index in [0.717, 1.165) is 87.2 Å². The first-order valence-corrected chi connectivity index (χ1v) is 15.2. The number of methoxy groups -OCH3 is 1. The molecule has 6 rings (SSSR count). The van der Waals surface area contributed by atoms with Gasteiger partial charge in [-0.1, -0.05) is 24.3 Å². The predicted molar refractivity (Wildman–Crippen MR) is 173 cm³/mol. The van der Waals surface area contributed by atoms with E-state index in [-0.39, 0.29) is 0 Å². The van der Waals surface area contributed by atoms with Crippen LogP contribution in [0.25, 0.3) is 22.2 Å². The number of aryl methyl sites for hydroxylation is 3. The number of nitrogen functional groups attached to an aromatic ring is 1. The van der Waals surface area contributed by atoms with E-state index < -0.39 is 0 Å². The van der Waals surface area contributed by atoms with Gasteiger partial charge in [-0.05, 0) is 75.4 Å². The van der Waals surface area contributed by atoms with Crippen LogP contribution >= 0.6 is 0 Å². The number of hydrogen-bond donors (Lipinski definition) is 2. The number of anilines is 4. The van der Waals surface area contributed by atoms with Gasteiger partial charge in [0.25, 0.3) is 0 Å². The number of aromatic nitrogens is 2. The Hall–Kier alpha value is -3.75. The molecule has 1 unspecified atom stereocenters. The molecule has 1 saturated heterocycles. The molecule has 0 saturated carbocycles. The topological polar surface area (TPSA) is 80.8 Å². The zero-order valence-corrected chi connectivity index (χ0v) is 25.4. The van der Waals surface area contributed by atoms with Crippen molar-refractivity contribution in [2.24, 2.45) is 5.92 Å². The normalized spacial score (nSPS) is 16.4. The molecule has 8 nitrogen and oxygen atoms in total. The maximum Gasteiger partial charge on any atom is 0.144 e. The zero-order valence-electron chi connectivity index (χ0n) is 25.4. The highest BCUT2D eigenvalue weighted by Gasteiger charge is 2.22. The van der Waals surface area contributed by atoms with Crippen molar-refractivity contribution in [2.45, 2.75) is 38.6 Å². The predicted octanol–water partition coefficient (Wildman–Crippen LogP) is 5.95. The minimum atomic E-state index is 0.618. The summed E-state index contributed by atoms with van der Waals surface area (Å²) in [4.78, 5) is 9.60. The maximum atomic E-state index is 6.57. The highest BCUT2D eigenvalue weighted by molar-refractivity contribution is 5.98. The average Bonchev–Trinajstić information content (AvgIpc) is 3.65. The third-order valence-corrected chi connectivity index (χ3v) is 8.81. The molecule has 8 heteroatoms. The van der Waals surface area contributed by atoms with Gasteiger partial charge < -0.3 is 34.9 Å². The number of likely N-dealkylation sites (N-methyl/N-ethyl adjacent to an activating group) is 2. The Morgan fingerprint density at radius 1 is 1.14 bits per heavy atom. The Morgan fingerprint density at radius 2 is 2.02 bits per heavy atom. The Morgan fingerprint density at radius 3 is 2.81 bits per heavy atom. The highest BCUT2D eigenvalue weighted by atomic mass is 16.5. The van der Waals surface area contributed by atoms with E-state index >= 15 is 0 Å². The number of hydrogen-bond acceptors (Lipinski definition) is 7. The third kappa shape index (κ3) is 5.78. The van der Waals surface area contributed by atoms with E-state index in [4.69, 9.17) is 20.2 Å².